The second kappa shape index (κ2) is 5.69. The Morgan fingerprint density at radius 1 is 1.47 bits per heavy atom. The van der Waals surface area contributed by atoms with Gasteiger partial charge in [0, 0.05) is 6.54 Å². The molecule has 0 bridgehead atoms. The van der Waals surface area contributed by atoms with Crippen LogP contribution in [0.15, 0.2) is 22.7 Å². The lowest BCUT2D eigenvalue weighted by Gasteiger charge is -2.24. The number of benzene rings is 1. The molecule has 6 heteroatoms. The molecule has 1 aliphatic heterocycles. The predicted octanol–water partition coefficient (Wildman–Crippen LogP) is 2.13. The van der Waals surface area contributed by atoms with Crippen molar-refractivity contribution in [3.8, 4) is 0 Å². The third-order valence-electron chi connectivity index (χ3n) is 3.23. The molecule has 1 heterocycles. The minimum Gasteiger partial charge on any atom is -0.369 e. The number of halogens is 2. The minimum absolute atomic E-state index is 0.172. The Balaban J connectivity index is 2.20. The van der Waals surface area contributed by atoms with E-state index in [1.54, 1.807) is 17.0 Å². The fourth-order valence-corrected chi connectivity index (χ4v) is 2.63. The third kappa shape index (κ3) is 3.12. The highest BCUT2D eigenvalue weighted by Crippen LogP contribution is 2.33. The van der Waals surface area contributed by atoms with Crippen LogP contribution in [0.3, 0.4) is 0 Å². The number of amides is 2. The molecule has 4 nitrogen and oxygen atoms in total. The minimum atomic E-state index is -0.641. The molecule has 2 amide bonds. The number of rotatable bonds is 3. The number of primary amides is 1. The summed E-state index contributed by atoms with van der Waals surface area (Å²) in [5.41, 5.74) is 5.78. The number of nitrogens with zero attached hydrogens (tertiary/aromatic N) is 1. The van der Waals surface area contributed by atoms with E-state index in [1.807, 2.05) is 0 Å². The summed E-state index contributed by atoms with van der Waals surface area (Å²) in [7, 11) is 0. The maximum Gasteiger partial charge on any atom is 0.232 e. The fraction of sp³-hybridized carbons (Fsp3) is 0.385. The molecule has 2 rings (SSSR count). The van der Waals surface area contributed by atoms with Crippen molar-refractivity contribution in [3.63, 3.8) is 0 Å². The zero-order valence-corrected chi connectivity index (χ0v) is 11.8. The molecule has 2 N–H and O–H groups in total. The van der Waals surface area contributed by atoms with Crippen LogP contribution in [0.2, 0.25) is 0 Å². The second-order valence-corrected chi connectivity index (χ2v) is 5.42. The van der Waals surface area contributed by atoms with Crippen LogP contribution in [0.4, 0.5) is 4.39 Å². The first-order valence-corrected chi connectivity index (χ1v) is 6.81. The van der Waals surface area contributed by atoms with Gasteiger partial charge in [0.2, 0.25) is 11.8 Å². The molecule has 1 atom stereocenters. The molecule has 0 unspecified atom stereocenters. The predicted molar refractivity (Wildman–Crippen MR) is 71.6 cm³/mol. The normalized spacial score (nSPS) is 18.6. The van der Waals surface area contributed by atoms with Gasteiger partial charge < -0.3 is 10.6 Å². The van der Waals surface area contributed by atoms with Crippen LogP contribution in [0.5, 0.6) is 0 Å². The summed E-state index contributed by atoms with van der Waals surface area (Å²) in [5.74, 6) is -1.29. The summed E-state index contributed by atoms with van der Waals surface area (Å²) >= 11 is 3.10. The lowest BCUT2D eigenvalue weighted by molar-refractivity contribution is -0.135. The average Bonchev–Trinajstić information content (AvgIpc) is 2.81. The number of likely N-dealkylation sites (tertiary alicyclic amines) is 1. The summed E-state index contributed by atoms with van der Waals surface area (Å²) in [6.07, 6.45) is 1.31. The number of carbonyl (C=O) groups is 2. The molecule has 102 valence electrons. The molecule has 1 aromatic rings. The van der Waals surface area contributed by atoms with E-state index in [9.17, 15) is 14.0 Å². The van der Waals surface area contributed by atoms with E-state index in [2.05, 4.69) is 15.9 Å². The molecule has 1 saturated heterocycles. The number of hydrogen-bond donors (Lipinski definition) is 1. The van der Waals surface area contributed by atoms with E-state index >= 15 is 0 Å². The van der Waals surface area contributed by atoms with Gasteiger partial charge in [0.25, 0.3) is 0 Å². The molecule has 0 saturated carbocycles. The molecule has 1 fully saturated rings. The van der Waals surface area contributed by atoms with Gasteiger partial charge in [-0.2, -0.15) is 0 Å². The summed E-state index contributed by atoms with van der Waals surface area (Å²) in [4.78, 5) is 24.3. The van der Waals surface area contributed by atoms with Crippen LogP contribution in [0, 0.1) is 5.82 Å². The number of nitrogens with two attached hydrogens (primary N) is 1. The molecule has 1 aliphatic rings. The Morgan fingerprint density at radius 3 is 2.84 bits per heavy atom. The monoisotopic (exact) mass is 328 g/mol. The highest BCUT2D eigenvalue weighted by Gasteiger charge is 2.30. The molecular formula is C13H14BrFN2O2. The first-order valence-electron chi connectivity index (χ1n) is 6.01. The van der Waals surface area contributed by atoms with Crippen LogP contribution in [-0.2, 0) is 9.59 Å². The Labute approximate surface area is 118 Å². The van der Waals surface area contributed by atoms with E-state index < -0.39 is 5.91 Å². The van der Waals surface area contributed by atoms with Crippen LogP contribution in [0.25, 0.3) is 0 Å². The van der Waals surface area contributed by atoms with Gasteiger partial charge in [-0.25, -0.2) is 4.39 Å². The molecular weight excluding hydrogens is 315 g/mol. The maximum atomic E-state index is 13.5. The fourth-order valence-electron chi connectivity index (χ4n) is 2.38. The van der Waals surface area contributed by atoms with Gasteiger partial charge in [0.1, 0.15) is 12.2 Å². The highest BCUT2D eigenvalue weighted by atomic mass is 79.9. The molecule has 0 aromatic heterocycles. The average molecular weight is 329 g/mol. The number of hydrogen-bond acceptors (Lipinski definition) is 2. The van der Waals surface area contributed by atoms with Gasteiger partial charge in [0.05, 0.1) is 10.5 Å². The lowest BCUT2D eigenvalue weighted by atomic mass is 10.0. The second-order valence-electron chi connectivity index (χ2n) is 4.56. The lowest BCUT2D eigenvalue weighted by Crippen LogP contribution is -2.33. The van der Waals surface area contributed by atoms with Crippen molar-refractivity contribution < 1.29 is 14.0 Å². The van der Waals surface area contributed by atoms with Crippen LogP contribution in [-0.4, -0.2) is 23.3 Å². The van der Waals surface area contributed by atoms with Crippen molar-refractivity contribution in [2.45, 2.75) is 25.3 Å². The van der Waals surface area contributed by atoms with Crippen molar-refractivity contribution in [1.82, 2.24) is 4.90 Å². The first-order chi connectivity index (χ1) is 8.99. The van der Waals surface area contributed by atoms with Crippen LogP contribution >= 0.6 is 15.9 Å². The molecule has 1 aromatic carbocycles. The summed E-state index contributed by atoms with van der Waals surface area (Å²) in [6, 6.07) is 4.66. The zero-order chi connectivity index (χ0) is 14.0. The van der Waals surface area contributed by atoms with Crippen molar-refractivity contribution in [1.29, 1.82) is 0 Å². The Kier molecular flexibility index (Phi) is 4.19. The van der Waals surface area contributed by atoms with E-state index in [-0.39, 0.29) is 24.2 Å². The summed E-state index contributed by atoms with van der Waals surface area (Å²) in [5, 5.41) is 0. The summed E-state index contributed by atoms with van der Waals surface area (Å²) in [6.45, 7) is 0.578. The van der Waals surface area contributed by atoms with Gasteiger partial charge in [-0.05, 0) is 46.5 Å². The van der Waals surface area contributed by atoms with Crippen molar-refractivity contribution >= 4 is 27.7 Å². The number of carbonyl (C=O) groups excluding carboxylic acids is 2. The van der Waals surface area contributed by atoms with Crippen LogP contribution < -0.4 is 5.73 Å². The first kappa shape index (κ1) is 14.0. The van der Waals surface area contributed by atoms with Crippen molar-refractivity contribution in [3.05, 3.63) is 34.1 Å². The quantitative estimate of drug-likeness (QED) is 0.864. The van der Waals surface area contributed by atoms with Gasteiger partial charge in [-0.1, -0.05) is 6.07 Å². The molecule has 0 radical (unpaired) electrons. The van der Waals surface area contributed by atoms with Gasteiger partial charge >= 0.3 is 0 Å². The molecule has 0 spiro atoms. The van der Waals surface area contributed by atoms with Crippen molar-refractivity contribution in [2.75, 3.05) is 6.54 Å². The van der Waals surface area contributed by atoms with Crippen LogP contribution in [0.1, 0.15) is 30.9 Å². The SMILES string of the molecule is NC(=O)CC(=O)N1CCC[C@H]1c1ccc(Br)c(F)c1. The third-order valence-corrected chi connectivity index (χ3v) is 3.87. The van der Waals surface area contributed by atoms with E-state index in [4.69, 9.17) is 5.73 Å². The van der Waals surface area contributed by atoms with Gasteiger partial charge in [0.15, 0.2) is 0 Å². The van der Waals surface area contributed by atoms with Crippen molar-refractivity contribution in [2.24, 2.45) is 5.73 Å². The van der Waals surface area contributed by atoms with Gasteiger partial charge in [-0.3, -0.25) is 9.59 Å². The Bertz CT molecular complexity index is 521. The maximum absolute atomic E-state index is 13.5. The van der Waals surface area contributed by atoms with E-state index in [1.165, 1.54) is 6.07 Å². The van der Waals surface area contributed by atoms with E-state index in [0.717, 1.165) is 18.4 Å². The summed E-state index contributed by atoms with van der Waals surface area (Å²) < 4.78 is 13.9. The van der Waals surface area contributed by atoms with E-state index in [0.29, 0.717) is 11.0 Å². The largest absolute Gasteiger partial charge is 0.369 e. The smallest absolute Gasteiger partial charge is 0.232 e. The highest BCUT2D eigenvalue weighted by molar-refractivity contribution is 9.10. The topological polar surface area (TPSA) is 63.4 Å². The Morgan fingerprint density at radius 2 is 2.21 bits per heavy atom. The zero-order valence-electron chi connectivity index (χ0n) is 10.2. The molecule has 19 heavy (non-hydrogen) atoms. The van der Waals surface area contributed by atoms with Gasteiger partial charge in [-0.15, -0.1) is 0 Å². The molecule has 0 aliphatic carbocycles. The standard InChI is InChI=1S/C13H14BrFN2O2/c14-9-4-3-8(6-10(9)15)11-2-1-5-17(11)13(19)7-12(16)18/h3-4,6,11H,1-2,5,7H2,(H2,16,18)/t11-/m0/s1. The Hall–Kier alpha value is -1.43.